The van der Waals surface area contributed by atoms with Crippen LogP contribution in [0, 0.1) is 0 Å². The Morgan fingerprint density at radius 3 is 1.62 bits per heavy atom. The molecule has 1 aliphatic heterocycles. The zero-order chi connectivity index (χ0) is 15.0. The van der Waals surface area contributed by atoms with Crippen molar-refractivity contribution in [2.75, 3.05) is 0 Å². The number of amides is 1. The summed E-state index contributed by atoms with van der Waals surface area (Å²) in [5.74, 6) is -0.225. The van der Waals surface area contributed by atoms with E-state index in [-0.39, 0.29) is 5.91 Å². The van der Waals surface area contributed by atoms with E-state index >= 15 is 0 Å². The molecule has 3 nitrogen and oxygen atoms in total. The van der Waals surface area contributed by atoms with Gasteiger partial charge in [0.25, 0.3) is 5.91 Å². The molecular formula is C15H10Cl2N2OS. The van der Waals surface area contributed by atoms with Crippen molar-refractivity contribution in [3.8, 4) is 0 Å². The third-order valence-corrected chi connectivity index (χ3v) is 4.13. The van der Waals surface area contributed by atoms with Gasteiger partial charge in [-0.1, -0.05) is 47.5 Å². The topological polar surface area (TPSA) is 41.1 Å². The van der Waals surface area contributed by atoms with Crippen LogP contribution in [0.25, 0.3) is 0 Å². The van der Waals surface area contributed by atoms with Gasteiger partial charge in [0.15, 0.2) is 10.7 Å². The molecule has 1 aliphatic rings. The Morgan fingerprint density at radius 2 is 1.29 bits per heavy atom. The molecule has 1 amide bonds. The average Bonchev–Trinajstić information content (AvgIpc) is 2.76. The summed E-state index contributed by atoms with van der Waals surface area (Å²) in [5.41, 5.74) is 0.449. The van der Waals surface area contributed by atoms with Crippen LogP contribution < -0.4 is 10.6 Å². The van der Waals surface area contributed by atoms with Gasteiger partial charge in [0, 0.05) is 10.0 Å². The number of carbonyl (C=O) groups excluding carboxylic acids is 1. The first-order valence-electron chi connectivity index (χ1n) is 6.18. The monoisotopic (exact) mass is 336 g/mol. The van der Waals surface area contributed by atoms with Crippen LogP contribution in [0.4, 0.5) is 0 Å². The van der Waals surface area contributed by atoms with Gasteiger partial charge in [0.05, 0.1) is 0 Å². The second-order valence-electron chi connectivity index (χ2n) is 4.67. The molecular weight excluding hydrogens is 327 g/mol. The molecule has 2 aromatic rings. The van der Waals surface area contributed by atoms with E-state index in [4.69, 9.17) is 35.4 Å². The van der Waals surface area contributed by atoms with Gasteiger partial charge in [-0.2, -0.15) is 0 Å². The van der Waals surface area contributed by atoms with Gasteiger partial charge in [-0.15, -0.1) is 0 Å². The zero-order valence-corrected chi connectivity index (χ0v) is 13.0. The number of thiocarbonyl (C=S) groups is 1. The summed E-state index contributed by atoms with van der Waals surface area (Å²) in [4.78, 5) is 12.6. The largest absolute Gasteiger partial charge is 0.341 e. The van der Waals surface area contributed by atoms with Crippen LogP contribution in [0.5, 0.6) is 0 Å². The fourth-order valence-electron chi connectivity index (χ4n) is 2.43. The lowest BCUT2D eigenvalue weighted by Crippen LogP contribution is -2.44. The molecule has 0 spiro atoms. The molecule has 3 rings (SSSR count). The first kappa shape index (κ1) is 14.3. The highest BCUT2D eigenvalue weighted by Crippen LogP contribution is 2.34. The standard InChI is InChI=1S/C15H10Cl2N2OS/c16-11-5-1-9(2-6-11)15(13(20)18-14(21)19-15)10-3-7-12(17)8-4-10/h1-8H,(H2,18,19,20,21). The molecule has 0 radical (unpaired) electrons. The average molecular weight is 337 g/mol. The van der Waals surface area contributed by atoms with E-state index in [2.05, 4.69) is 10.6 Å². The summed E-state index contributed by atoms with van der Waals surface area (Å²) in [5, 5.41) is 7.22. The molecule has 0 aromatic heterocycles. The van der Waals surface area contributed by atoms with E-state index in [1.54, 1.807) is 48.5 Å². The molecule has 6 heteroatoms. The van der Waals surface area contributed by atoms with Crippen LogP contribution in [0.3, 0.4) is 0 Å². The number of rotatable bonds is 2. The van der Waals surface area contributed by atoms with Crippen molar-refractivity contribution >= 4 is 46.4 Å². The Kier molecular flexibility index (Phi) is 3.61. The first-order valence-corrected chi connectivity index (χ1v) is 7.34. The summed E-state index contributed by atoms with van der Waals surface area (Å²) < 4.78 is 0. The summed E-state index contributed by atoms with van der Waals surface area (Å²) in [6, 6.07) is 14.2. The summed E-state index contributed by atoms with van der Waals surface area (Å²) in [6.07, 6.45) is 0. The smallest absolute Gasteiger partial charge is 0.261 e. The van der Waals surface area contributed by atoms with Crippen LogP contribution in [0.15, 0.2) is 48.5 Å². The van der Waals surface area contributed by atoms with Crippen molar-refractivity contribution in [2.45, 2.75) is 5.54 Å². The van der Waals surface area contributed by atoms with Crippen LogP contribution in [0.2, 0.25) is 10.0 Å². The van der Waals surface area contributed by atoms with Crippen molar-refractivity contribution in [1.82, 2.24) is 10.6 Å². The minimum atomic E-state index is -1.06. The van der Waals surface area contributed by atoms with E-state index in [1.165, 1.54) is 0 Å². The maximum atomic E-state index is 12.6. The van der Waals surface area contributed by atoms with Gasteiger partial charge in [-0.3, -0.25) is 4.79 Å². The Balaban J connectivity index is 2.20. The fourth-order valence-corrected chi connectivity index (χ4v) is 2.93. The number of carbonyl (C=O) groups is 1. The minimum Gasteiger partial charge on any atom is -0.341 e. The van der Waals surface area contributed by atoms with E-state index < -0.39 is 5.54 Å². The van der Waals surface area contributed by atoms with Gasteiger partial charge in [-0.25, -0.2) is 0 Å². The van der Waals surface area contributed by atoms with Gasteiger partial charge in [-0.05, 0) is 47.6 Å². The van der Waals surface area contributed by atoms with E-state index in [0.717, 1.165) is 11.1 Å². The normalized spacial score (nSPS) is 16.5. The maximum absolute atomic E-state index is 12.6. The molecule has 106 valence electrons. The molecule has 0 atom stereocenters. The van der Waals surface area contributed by atoms with Crippen LogP contribution in [-0.2, 0) is 10.3 Å². The fraction of sp³-hybridized carbons (Fsp3) is 0.0667. The molecule has 0 bridgehead atoms. The predicted octanol–water partition coefficient (Wildman–Crippen LogP) is 3.24. The van der Waals surface area contributed by atoms with Gasteiger partial charge < -0.3 is 10.6 Å². The summed E-state index contributed by atoms with van der Waals surface area (Å²) in [6.45, 7) is 0. The number of hydrogen-bond donors (Lipinski definition) is 2. The first-order chi connectivity index (χ1) is 10.0. The Hall–Kier alpha value is -1.62. The van der Waals surface area contributed by atoms with Crippen molar-refractivity contribution in [3.63, 3.8) is 0 Å². The maximum Gasteiger partial charge on any atom is 0.261 e. The van der Waals surface area contributed by atoms with Crippen molar-refractivity contribution in [3.05, 3.63) is 69.7 Å². The molecule has 1 saturated heterocycles. The van der Waals surface area contributed by atoms with E-state index in [0.29, 0.717) is 15.2 Å². The van der Waals surface area contributed by atoms with Gasteiger partial charge in [0.2, 0.25) is 0 Å². The van der Waals surface area contributed by atoms with E-state index in [9.17, 15) is 4.79 Å². The minimum absolute atomic E-state index is 0.225. The van der Waals surface area contributed by atoms with Crippen LogP contribution in [0.1, 0.15) is 11.1 Å². The Bertz CT molecular complexity index is 668. The Labute approximate surface area is 137 Å². The molecule has 21 heavy (non-hydrogen) atoms. The summed E-state index contributed by atoms with van der Waals surface area (Å²) >= 11 is 17.0. The lowest BCUT2D eigenvalue weighted by Gasteiger charge is -2.27. The van der Waals surface area contributed by atoms with Crippen LogP contribution in [-0.4, -0.2) is 11.0 Å². The highest BCUT2D eigenvalue weighted by molar-refractivity contribution is 7.80. The highest BCUT2D eigenvalue weighted by atomic mass is 35.5. The lowest BCUT2D eigenvalue weighted by molar-refractivity contribution is -0.122. The highest BCUT2D eigenvalue weighted by Gasteiger charge is 2.47. The predicted molar refractivity (Wildman–Crippen MR) is 87.6 cm³/mol. The van der Waals surface area contributed by atoms with Gasteiger partial charge >= 0.3 is 0 Å². The second-order valence-corrected chi connectivity index (χ2v) is 5.95. The Morgan fingerprint density at radius 1 is 0.857 bits per heavy atom. The van der Waals surface area contributed by atoms with Gasteiger partial charge in [0.1, 0.15) is 0 Å². The number of halogens is 2. The molecule has 2 N–H and O–H groups in total. The number of hydrogen-bond acceptors (Lipinski definition) is 2. The third-order valence-electron chi connectivity index (χ3n) is 3.42. The third kappa shape index (κ3) is 2.39. The zero-order valence-electron chi connectivity index (χ0n) is 10.7. The molecule has 1 fully saturated rings. The number of nitrogens with one attached hydrogen (secondary N) is 2. The molecule has 0 saturated carbocycles. The quantitative estimate of drug-likeness (QED) is 0.827. The van der Waals surface area contributed by atoms with E-state index in [1.807, 2.05) is 0 Å². The van der Waals surface area contributed by atoms with Crippen molar-refractivity contribution < 1.29 is 4.79 Å². The SMILES string of the molecule is O=C1NC(=S)NC1(c1ccc(Cl)cc1)c1ccc(Cl)cc1. The van der Waals surface area contributed by atoms with Crippen molar-refractivity contribution in [2.24, 2.45) is 0 Å². The molecule has 0 unspecified atom stereocenters. The summed E-state index contributed by atoms with van der Waals surface area (Å²) in [7, 11) is 0. The molecule has 0 aliphatic carbocycles. The second kappa shape index (κ2) is 5.30. The lowest BCUT2D eigenvalue weighted by atomic mass is 9.83. The van der Waals surface area contributed by atoms with Crippen LogP contribution >= 0.6 is 35.4 Å². The van der Waals surface area contributed by atoms with Crippen molar-refractivity contribution in [1.29, 1.82) is 0 Å². The number of benzene rings is 2. The molecule has 2 aromatic carbocycles. The molecule has 1 heterocycles.